The lowest BCUT2D eigenvalue weighted by atomic mass is 9.88. The molecular formula is C15H23NO2. The Morgan fingerprint density at radius 1 is 1.39 bits per heavy atom. The summed E-state index contributed by atoms with van der Waals surface area (Å²) in [5, 5.41) is 3.46. The maximum absolute atomic E-state index is 5.43. The highest BCUT2D eigenvalue weighted by atomic mass is 16.5. The molecule has 0 aromatic heterocycles. The minimum atomic E-state index is 0.529. The third kappa shape index (κ3) is 3.47. The zero-order valence-electron chi connectivity index (χ0n) is 11.3. The van der Waals surface area contributed by atoms with E-state index in [1.807, 2.05) is 6.07 Å². The quantitative estimate of drug-likeness (QED) is 0.868. The lowest BCUT2D eigenvalue weighted by Crippen LogP contribution is -2.38. The molecular weight excluding hydrogens is 226 g/mol. The summed E-state index contributed by atoms with van der Waals surface area (Å²) in [5.74, 6) is 1.66. The second-order valence-electron chi connectivity index (χ2n) is 4.90. The van der Waals surface area contributed by atoms with Gasteiger partial charge in [-0.25, -0.2) is 0 Å². The van der Waals surface area contributed by atoms with Gasteiger partial charge in [0, 0.05) is 19.3 Å². The number of benzene rings is 1. The minimum absolute atomic E-state index is 0.529. The molecule has 1 aliphatic heterocycles. The molecule has 18 heavy (non-hydrogen) atoms. The molecule has 0 aliphatic carbocycles. The Morgan fingerprint density at radius 3 is 2.83 bits per heavy atom. The molecule has 1 unspecified atom stereocenters. The van der Waals surface area contributed by atoms with E-state index >= 15 is 0 Å². The van der Waals surface area contributed by atoms with E-state index in [0.717, 1.165) is 44.1 Å². The second kappa shape index (κ2) is 6.76. The van der Waals surface area contributed by atoms with Crippen LogP contribution in [-0.4, -0.2) is 33.4 Å². The summed E-state index contributed by atoms with van der Waals surface area (Å²) >= 11 is 0. The topological polar surface area (TPSA) is 30.5 Å². The van der Waals surface area contributed by atoms with Gasteiger partial charge in [0.1, 0.15) is 5.75 Å². The van der Waals surface area contributed by atoms with Crippen molar-refractivity contribution in [2.24, 2.45) is 5.92 Å². The molecule has 3 nitrogen and oxygen atoms in total. The van der Waals surface area contributed by atoms with Gasteiger partial charge in [-0.1, -0.05) is 12.1 Å². The summed E-state index contributed by atoms with van der Waals surface area (Å²) in [6.45, 7) is 1.81. The maximum atomic E-state index is 5.43. The summed E-state index contributed by atoms with van der Waals surface area (Å²) in [6.07, 6.45) is 3.38. The van der Waals surface area contributed by atoms with Gasteiger partial charge in [-0.05, 0) is 49.9 Å². The summed E-state index contributed by atoms with van der Waals surface area (Å²) in [4.78, 5) is 0. The van der Waals surface area contributed by atoms with Gasteiger partial charge in [0.25, 0.3) is 0 Å². The summed E-state index contributed by atoms with van der Waals surface area (Å²) in [7, 11) is 3.77. The average molecular weight is 249 g/mol. The van der Waals surface area contributed by atoms with Crippen LogP contribution in [0.15, 0.2) is 24.3 Å². The molecule has 0 spiro atoms. The Hall–Kier alpha value is -1.06. The molecule has 1 aliphatic rings. The predicted octanol–water partition coefficient (Wildman–Crippen LogP) is 2.25. The van der Waals surface area contributed by atoms with Crippen LogP contribution >= 0.6 is 0 Å². The molecule has 0 radical (unpaired) electrons. The van der Waals surface area contributed by atoms with E-state index in [1.165, 1.54) is 5.56 Å². The first-order valence-corrected chi connectivity index (χ1v) is 6.71. The lowest BCUT2D eigenvalue weighted by molar-refractivity contribution is 0.0547. The van der Waals surface area contributed by atoms with Crippen LogP contribution in [-0.2, 0) is 11.2 Å². The molecule has 1 aromatic rings. The lowest BCUT2D eigenvalue weighted by Gasteiger charge is -2.30. The van der Waals surface area contributed by atoms with Crippen LogP contribution in [0.4, 0.5) is 0 Å². The first-order valence-electron chi connectivity index (χ1n) is 6.71. The molecule has 3 heteroatoms. The highest BCUT2D eigenvalue weighted by molar-refractivity contribution is 5.29. The average Bonchev–Trinajstić information content (AvgIpc) is 2.46. The Kier molecular flexibility index (Phi) is 5.02. The fraction of sp³-hybridized carbons (Fsp3) is 0.600. The van der Waals surface area contributed by atoms with Crippen molar-refractivity contribution < 1.29 is 9.47 Å². The van der Waals surface area contributed by atoms with E-state index in [0.29, 0.717) is 6.04 Å². The van der Waals surface area contributed by atoms with Crippen molar-refractivity contribution in [3.05, 3.63) is 29.8 Å². The highest BCUT2D eigenvalue weighted by Gasteiger charge is 2.22. The van der Waals surface area contributed by atoms with E-state index in [-0.39, 0.29) is 0 Å². The van der Waals surface area contributed by atoms with Gasteiger partial charge < -0.3 is 14.8 Å². The summed E-state index contributed by atoms with van der Waals surface area (Å²) in [5.41, 5.74) is 1.33. The van der Waals surface area contributed by atoms with Crippen molar-refractivity contribution >= 4 is 0 Å². The number of likely N-dealkylation sites (N-methyl/N-ethyl adjacent to an activating group) is 1. The Bertz CT molecular complexity index is 361. The monoisotopic (exact) mass is 249 g/mol. The first kappa shape index (κ1) is 13.4. The van der Waals surface area contributed by atoms with Gasteiger partial charge in [-0.3, -0.25) is 0 Å². The van der Waals surface area contributed by atoms with Crippen LogP contribution in [0, 0.1) is 5.92 Å². The molecule has 2 rings (SSSR count). The van der Waals surface area contributed by atoms with Crippen molar-refractivity contribution in [2.45, 2.75) is 25.3 Å². The van der Waals surface area contributed by atoms with E-state index in [9.17, 15) is 0 Å². The van der Waals surface area contributed by atoms with Gasteiger partial charge in [0.05, 0.1) is 7.11 Å². The largest absolute Gasteiger partial charge is 0.497 e. The molecule has 0 bridgehead atoms. The van der Waals surface area contributed by atoms with Gasteiger partial charge in [-0.15, -0.1) is 0 Å². The first-order chi connectivity index (χ1) is 8.83. The summed E-state index contributed by atoms with van der Waals surface area (Å²) in [6, 6.07) is 8.88. The van der Waals surface area contributed by atoms with Crippen molar-refractivity contribution in [3.8, 4) is 5.75 Å². The Balaban J connectivity index is 1.99. The van der Waals surface area contributed by atoms with Crippen LogP contribution < -0.4 is 10.1 Å². The normalized spacial score (nSPS) is 18.6. The van der Waals surface area contributed by atoms with Gasteiger partial charge in [-0.2, -0.15) is 0 Å². The van der Waals surface area contributed by atoms with Crippen LogP contribution in [0.3, 0.4) is 0 Å². The molecule has 1 atom stereocenters. The van der Waals surface area contributed by atoms with Crippen LogP contribution in [0.1, 0.15) is 18.4 Å². The Labute approximate surface area is 109 Å². The van der Waals surface area contributed by atoms with Gasteiger partial charge >= 0.3 is 0 Å². The highest BCUT2D eigenvalue weighted by Crippen LogP contribution is 2.22. The fourth-order valence-electron chi connectivity index (χ4n) is 2.68. The van der Waals surface area contributed by atoms with E-state index in [4.69, 9.17) is 9.47 Å². The number of rotatable bonds is 5. The van der Waals surface area contributed by atoms with Gasteiger partial charge in [0.15, 0.2) is 0 Å². The molecule has 100 valence electrons. The number of hydrogen-bond donors (Lipinski definition) is 1. The SMILES string of the molecule is CNC(Cc1cccc(OC)c1)C1CCOCC1. The van der Waals surface area contributed by atoms with E-state index in [1.54, 1.807) is 7.11 Å². The molecule has 1 heterocycles. The zero-order chi connectivity index (χ0) is 12.8. The minimum Gasteiger partial charge on any atom is -0.497 e. The molecule has 1 saturated heterocycles. The number of methoxy groups -OCH3 is 1. The fourth-order valence-corrected chi connectivity index (χ4v) is 2.68. The second-order valence-corrected chi connectivity index (χ2v) is 4.90. The standard InChI is InChI=1S/C15H23NO2/c1-16-15(13-6-8-18-9-7-13)11-12-4-3-5-14(10-12)17-2/h3-5,10,13,15-16H,6-9,11H2,1-2H3. The number of nitrogens with one attached hydrogen (secondary N) is 1. The van der Waals surface area contributed by atoms with E-state index < -0.39 is 0 Å². The third-order valence-electron chi connectivity index (χ3n) is 3.80. The van der Waals surface area contributed by atoms with Crippen molar-refractivity contribution in [1.82, 2.24) is 5.32 Å². The summed E-state index contributed by atoms with van der Waals surface area (Å²) < 4.78 is 10.7. The van der Waals surface area contributed by atoms with Crippen molar-refractivity contribution in [2.75, 3.05) is 27.4 Å². The van der Waals surface area contributed by atoms with E-state index in [2.05, 4.69) is 30.6 Å². The molecule has 1 aromatic carbocycles. The number of hydrogen-bond acceptors (Lipinski definition) is 3. The molecule has 0 saturated carbocycles. The smallest absolute Gasteiger partial charge is 0.119 e. The maximum Gasteiger partial charge on any atom is 0.119 e. The predicted molar refractivity (Wildman–Crippen MR) is 73.1 cm³/mol. The van der Waals surface area contributed by atoms with Crippen LogP contribution in [0.2, 0.25) is 0 Å². The molecule has 0 amide bonds. The number of ether oxygens (including phenoxy) is 2. The van der Waals surface area contributed by atoms with Crippen LogP contribution in [0.25, 0.3) is 0 Å². The molecule has 1 N–H and O–H groups in total. The molecule has 1 fully saturated rings. The third-order valence-corrected chi connectivity index (χ3v) is 3.80. The van der Waals surface area contributed by atoms with Crippen LogP contribution in [0.5, 0.6) is 5.75 Å². The van der Waals surface area contributed by atoms with Crippen molar-refractivity contribution in [3.63, 3.8) is 0 Å². The zero-order valence-corrected chi connectivity index (χ0v) is 11.3. The van der Waals surface area contributed by atoms with Crippen molar-refractivity contribution in [1.29, 1.82) is 0 Å². The van der Waals surface area contributed by atoms with Gasteiger partial charge in [0.2, 0.25) is 0 Å². The Morgan fingerprint density at radius 2 is 2.17 bits per heavy atom.